The fourth-order valence-electron chi connectivity index (χ4n) is 3.20. The van der Waals surface area contributed by atoms with Crippen molar-refractivity contribution in [3.63, 3.8) is 0 Å². The first-order valence-electron chi connectivity index (χ1n) is 9.31. The van der Waals surface area contributed by atoms with Gasteiger partial charge in [0, 0.05) is 23.2 Å². The molecule has 1 aliphatic rings. The van der Waals surface area contributed by atoms with Gasteiger partial charge in [0.1, 0.15) is 17.2 Å². The van der Waals surface area contributed by atoms with Crippen molar-refractivity contribution in [2.24, 2.45) is 0 Å². The molecule has 10 heteroatoms. The molecule has 1 amide bonds. The summed E-state index contributed by atoms with van der Waals surface area (Å²) in [4.78, 5) is 24.6. The van der Waals surface area contributed by atoms with Crippen molar-refractivity contribution in [1.29, 1.82) is 0 Å². The first kappa shape index (κ1) is 19.3. The van der Waals surface area contributed by atoms with Gasteiger partial charge in [0.15, 0.2) is 0 Å². The maximum atomic E-state index is 14.6. The number of pyridine rings is 2. The number of fused-ring (bicyclic) bond motifs is 1. The van der Waals surface area contributed by atoms with E-state index in [-0.39, 0.29) is 17.5 Å². The third-order valence-corrected chi connectivity index (χ3v) is 6.17. The summed E-state index contributed by atoms with van der Waals surface area (Å²) >= 11 is 0. The van der Waals surface area contributed by atoms with E-state index in [1.165, 1.54) is 6.07 Å². The molecule has 0 radical (unpaired) electrons. The topological polar surface area (TPSA) is 108 Å². The first-order chi connectivity index (χ1) is 13.9. The average molecular weight is 417 g/mol. The molecule has 0 aromatic carbocycles. The van der Waals surface area contributed by atoms with Crippen LogP contribution in [0.3, 0.4) is 0 Å². The zero-order valence-electron chi connectivity index (χ0n) is 15.7. The largest absolute Gasteiger partial charge is 0.346 e. The fourth-order valence-corrected chi connectivity index (χ4v) is 4.32. The van der Waals surface area contributed by atoms with Crippen LogP contribution in [-0.2, 0) is 14.8 Å². The molecule has 1 aliphatic carbocycles. The second-order valence-corrected chi connectivity index (χ2v) is 8.81. The van der Waals surface area contributed by atoms with Gasteiger partial charge in [-0.1, -0.05) is 6.92 Å². The summed E-state index contributed by atoms with van der Waals surface area (Å²) in [7, 11) is -3.62. The summed E-state index contributed by atoms with van der Waals surface area (Å²) in [6.45, 7) is 1.73. The molecule has 0 unspecified atom stereocenters. The van der Waals surface area contributed by atoms with Crippen LogP contribution >= 0.6 is 0 Å². The van der Waals surface area contributed by atoms with Crippen LogP contribution in [0.4, 0.5) is 15.9 Å². The Morgan fingerprint density at radius 3 is 2.76 bits per heavy atom. The Labute approximate surface area is 167 Å². The second kappa shape index (κ2) is 7.43. The van der Waals surface area contributed by atoms with Gasteiger partial charge in [0.05, 0.1) is 11.4 Å². The standard InChI is InChI=1S/C19H20FN5O3S/c1-2-9-29(27,28)24-16-6-5-15(22-18(16)20)14-10-17(25(11-26)12-3-4-12)23-19-13(14)7-8-21-19/h5-8,10-12,24H,2-4,9H2,1H3,(H,21,23). The van der Waals surface area contributed by atoms with Crippen molar-refractivity contribution in [1.82, 2.24) is 15.0 Å². The van der Waals surface area contributed by atoms with Crippen LogP contribution in [0.1, 0.15) is 26.2 Å². The number of carbonyl (C=O) groups excluding carboxylic acids is 1. The molecular weight excluding hydrogens is 397 g/mol. The van der Waals surface area contributed by atoms with E-state index in [4.69, 9.17) is 0 Å². The molecule has 0 bridgehead atoms. The summed E-state index contributed by atoms with van der Waals surface area (Å²) in [5, 5.41) is 0.724. The van der Waals surface area contributed by atoms with Gasteiger partial charge in [0.25, 0.3) is 0 Å². The van der Waals surface area contributed by atoms with Crippen molar-refractivity contribution in [2.45, 2.75) is 32.2 Å². The Morgan fingerprint density at radius 1 is 1.31 bits per heavy atom. The van der Waals surface area contributed by atoms with Crippen LogP contribution in [0.2, 0.25) is 0 Å². The molecule has 0 spiro atoms. The SMILES string of the molecule is CCCS(=O)(=O)Nc1ccc(-c2cc(N(C=O)C3CC3)nc3[nH]ccc23)nc1F. The Balaban J connectivity index is 1.75. The molecule has 8 nitrogen and oxygen atoms in total. The van der Waals surface area contributed by atoms with Crippen molar-refractivity contribution < 1.29 is 17.6 Å². The predicted molar refractivity (Wildman–Crippen MR) is 109 cm³/mol. The van der Waals surface area contributed by atoms with Crippen LogP contribution in [0, 0.1) is 5.95 Å². The molecule has 3 heterocycles. The van der Waals surface area contributed by atoms with Crippen molar-refractivity contribution in [3.8, 4) is 11.3 Å². The number of sulfonamides is 1. The minimum absolute atomic E-state index is 0.103. The minimum Gasteiger partial charge on any atom is -0.346 e. The van der Waals surface area contributed by atoms with E-state index in [0.29, 0.717) is 29.1 Å². The number of H-pyrrole nitrogens is 1. The molecule has 3 aromatic heterocycles. The molecule has 0 aliphatic heterocycles. The highest BCUT2D eigenvalue weighted by Crippen LogP contribution is 2.35. The molecule has 152 valence electrons. The number of hydrogen-bond donors (Lipinski definition) is 2. The number of aromatic amines is 1. The minimum atomic E-state index is -3.62. The molecule has 0 atom stereocenters. The summed E-state index contributed by atoms with van der Waals surface area (Å²) in [5.74, 6) is -0.560. The first-order valence-corrected chi connectivity index (χ1v) is 11.0. The van der Waals surface area contributed by atoms with Gasteiger partial charge in [0.2, 0.25) is 22.4 Å². The molecule has 1 fully saturated rings. The van der Waals surface area contributed by atoms with E-state index in [1.807, 2.05) is 0 Å². The van der Waals surface area contributed by atoms with Crippen LogP contribution in [0.5, 0.6) is 0 Å². The monoisotopic (exact) mass is 417 g/mol. The smallest absolute Gasteiger partial charge is 0.237 e. The van der Waals surface area contributed by atoms with E-state index in [9.17, 15) is 17.6 Å². The van der Waals surface area contributed by atoms with Gasteiger partial charge in [-0.2, -0.15) is 4.39 Å². The zero-order chi connectivity index (χ0) is 20.6. The third kappa shape index (κ3) is 3.93. The van der Waals surface area contributed by atoms with E-state index in [0.717, 1.165) is 24.6 Å². The Hall–Kier alpha value is -3.01. The molecule has 4 rings (SSSR count). The predicted octanol–water partition coefficient (Wildman–Crippen LogP) is 3.04. The molecule has 29 heavy (non-hydrogen) atoms. The molecule has 0 saturated heterocycles. The molecule has 1 saturated carbocycles. The lowest BCUT2D eigenvalue weighted by Gasteiger charge is -2.17. The number of rotatable bonds is 8. The van der Waals surface area contributed by atoms with Gasteiger partial charge in [-0.3, -0.25) is 14.4 Å². The summed E-state index contributed by atoms with van der Waals surface area (Å²) in [6, 6.07) is 6.51. The molecular formula is C19H20FN5O3S. The Morgan fingerprint density at radius 2 is 2.10 bits per heavy atom. The lowest BCUT2D eigenvalue weighted by Crippen LogP contribution is -2.24. The number of nitrogens with zero attached hydrogens (tertiary/aromatic N) is 3. The number of nitrogens with one attached hydrogen (secondary N) is 2. The van der Waals surface area contributed by atoms with Crippen LogP contribution < -0.4 is 9.62 Å². The zero-order valence-corrected chi connectivity index (χ0v) is 16.5. The van der Waals surface area contributed by atoms with Gasteiger partial charge in [-0.05, 0) is 43.5 Å². The van der Waals surface area contributed by atoms with Gasteiger partial charge in [-0.25, -0.2) is 18.4 Å². The van der Waals surface area contributed by atoms with E-state index < -0.39 is 16.0 Å². The number of hydrogen-bond acceptors (Lipinski definition) is 5. The second-order valence-electron chi connectivity index (χ2n) is 6.97. The highest BCUT2D eigenvalue weighted by molar-refractivity contribution is 7.92. The fraction of sp³-hybridized carbons (Fsp3) is 0.316. The third-order valence-electron chi connectivity index (χ3n) is 4.70. The quantitative estimate of drug-likeness (QED) is 0.433. The average Bonchev–Trinajstić information content (AvgIpc) is 3.39. The lowest BCUT2D eigenvalue weighted by atomic mass is 10.1. The lowest BCUT2D eigenvalue weighted by molar-refractivity contribution is -0.107. The number of amides is 1. The molecule has 2 N–H and O–H groups in total. The van der Waals surface area contributed by atoms with Crippen LogP contribution in [0.15, 0.2) is 30.5 Å². The number of anilines is 2. The number of aromatic nitrogens is 3. The normalized spacial score (nSPS) is 14.1. The van der Waals surface area contributed by atoms with Crippen LogP contribution in [-0.4, -0.2) is 41.6 Å². The van der Waals surface area contributed by atoms with Crippen molar-refractivity contribution >= 4 is 39.0 Å². The van der Waals surface area contributed by atoms with Gasteiger partial charge < -0.3 is 4.98 Å². The maximum absolute atomic E-state index is 14.6. The number of halogens is 1. The summed E-state index contributed by atoms with van der Waals surface area (Å²) in [6.07, 6.45) is 4.70. The van der Waals surface area contributed by atoms with E-state index in [1.54, 1.807) is 36.2 Å². The highest BCUT2D eigenvalue weighted by atomic mass is 32.2. The van der Waals surface area contributed by atoms with Crippen molar-refractivity contribution in [3.05, 3.63) is 36.4 Å². The Kier molecular flexibility index (Phi) is 4.95. The van der Waals surface area contributed by atoms with Crippen molar-refractivity contribution in [2.75, 3.05) is 15.4 Å². The molecule has 3 aromatic rings. The van der Waals surface area contributed by atoms with E-state index >= 15 is 0 Å². The Bertz CT molecular complexity index is 1170. The maximum Gasteiger partial charge on any atom is 0.237 e. The van der Waals surface area contributed by atoms with E-state index in [2.05, 4.69) is 19.7 Å². The summed E-state index contributed by atoms with van der Waals surface area (Å²) in [5.41, 5.74) is 1.27. The van der Waals surface area contributed by atoms with Gasteiger partial charge >= 0.3 is 0 Å². The van der Waals surface area contributed by atoms with Gasteiger partial charge in [-0.15, -0.1) is 0 Å². The summed E-state index contributed by atoms with van der Waals surface area (Å²) < 4.78 is 40.6. The van der Waals surface area contributed by atoms with Crippen LogP contribution in [0.25, 0.3) is 22.3 Å². The number of carbonyl (C=O) groups is 1. The highest BCUT2D eigenvalue weighted by Gasteiger charge is 2.30.